The van der Waals surface area contributed by atoms with Gasteiger partial charge in [-0.1, -0.05) is 29.3 Å². The van der Waals surface area contributed by atoms with Gasteiger partial charge in [-0.05, 0) is 32.1 Å². The second kappa shape index (κ2) is 4.54. The minimum absolute atomic E-state index is 0.459. The largest absolute Gasteiger partial charge is 0.254 e. The lowest BCUT2D eigenvalue weighted by atomic mass is 10.3. The predicted octanol–water partition coefficient (Wildman–Crippen LogP) is 3.72. The molecule has 0 radical (unpaired) electrons. The molecule has 2 heterocycles. The van der Waals surface area contributed by atoms with Gasteiger partial charge in [0.15, 0.2) is 0 Å². The molecule has 0 fully saturated rings. The van der Waals surface area contributed by atoms with Crippen LogP contribution in [0, 0.1) is 0 Å². The maximum absolute atomic E-state index is 6.26. The molecule has 1 aromatic carbocycles. The number of anilines is 1. The zero-order valence-electron chi connectivity index (χ0n) is 10.6. The van der Waals surface area contributed by atoms with Crippen molar-refractivity contribution in [3.63, 3.8) is 0 Å². The molecule has 2 aliphatic rings. The van der Waals surface area contributed by atoms with Crippen molar-refractivity contribution >= 4 is 40.6 Å². The van der Waals surface area contributed by atoms with Crippen molar-refractivity contribution in [2.45, 2.75) is 13.8 Å². The van der Waals surface area contributed by atoms with E-state index in [1.54, 1.807) is 0 Å². The molecule has 0 bridgehead atoms. The van der Waals surface area contributed by atoms with E-state index in [1.807, 2.05) is 48.1 Å². The van der Waals surface area contributed by atoms with E-state index in [1.165, 1.54) is 0 Å². The van der Waals surface area contributed by atoms with Crippen LogP contribution in [0.3, 0.4) is 0 Å². The van der Waals surface area contributed by atoms with Crippen LogP contribution < -0.4 is 5.01 Å². The van der Waals surface area contributed by atoms with Crippen LogP contribution in [0.25, 0.3) is 0 Å². The standard InChI is InChI=1S/C13H12Cl2N4/c1-8-6-9(2)19-13(17-8)16-7-18(19)12-10(14)4-3-5-11(12)15/h3-6H,7H2,1-2H3. The van der Waals surface area contributed by atoms with Gasteiger partial charge in [0.05, 0.1) is 15.7 Å². The smallest absolute Gasteiger partial charge is 0.246 e. The number of benzene rings is 1. The maximum Gasteiger partial charge on any atom is 0.246 e. The Kier molecular flexibility index (Phi) is 2.99. The lowest BCUT2D eigenvalue weighted by molar-refractivity contribution is 0.499. The normalized spacial score (nSPS) is 18.0. The molecule has 0 unspecified atom stereocenters. The molecule has 0 saturated carbocycles. The Hall–Kier alpha value is -1.52. The quantitative estimate of drug-likeness (QED) is 0.790. The SMILES string of the molecule is CC1=CC(C)=NC2=NCN(c3c(Cl)cccc3Cl)N12. The minimum Gasteiger partial charge on any atom is -0.254 e. The molecular weight excluding hydrogens is 283 g/mol. The van der Waals surface area contributed by atoms with E-state index in [0.717, 1.165) is 17.1 Å². The van der Waals surface area contributed by atoms with Crippen LogP contribution in [-0.4, -0.2) is 23.3 Å². The van der Waals surface area contributed by atoms with Crippen molar-refractivity contribution in [2.75, 3.05) is 11.7 Å². The highest BCUT2D eigenvalue weighted by Crippen LogP contribution is 2.37. The summed E-state index contributed by atoms with van der Waals surface area (Å²) in [5.41, 5.74) is 2.74. The topological polar surface area (TPSA) is 31.2 Å². The summed E-state index contributed by atoms with van der Waals surface area (Å²) in [6.45, 7) is 4.42. The molecule has 1 aromatic rings. The molecule has 2 aliphatic heterocycles. The number of rotatable bonds is 1. The molecule has 6 heteroatoms. The zero-order chi connectivity index (χ0) is 13.6. The van der Waals surface area contributed by atoms with Crippen LogP contribution in [0.2, 0.25) is 10.0 Å². The monoisotopic (exact) mass is 294 g/mol. The van der Waals surface area contributed by atoms with Gasteiger partial charge in [-0.2, -0.15) is 0 Å². The first kappa shape index (κ1) is 12.5. The molecule has 0 amide bonds. The van der Waals surface area contributed by atoms with Gasteiger partial charge >= 0.3 is 0 Å². The highest BCUT2D eigenvalue weighted by Gasteiger charge is 2.31. The summed E-state index contributed by atoms with van der Waals surface area (Å²) in [6, 6.07) is 5.46. The van der Waals surface area contributed by atoms with Crippen molar-refractivity contribution in [3.8, 4) is 0 Å². The number of guanidine groups is 1. The van der Waals surface area contributed by atoms with Gasteiger partial charge in [-0.25, -0.2) is 15.0 Å². The van der Waals surface area contributed by atoms with E-state index < -0.39 is 0 Å². The fourth-order valence-corrected chi connectivity index (χ4v) is 2.85. The highest BCUT2D eigenvalue weighted by molar-refractivity contribution is 6.39. The molecule has 0 spiro atoms. The fourth-order valence-electron chi connectivity index (χ4n) is 2.26. The van der Waals surface area contributed by atoms with Gasteiger partial charge in [-0.3, -0.25) is 5.01 Å². The van der Waals surface area contributed by atoms with Gasteiger partial charge in [0.1, 0.15) is 6.67 Å². The van der Waals surface area contributed by atoms with Crippen molar-refractivity contribution in [3.05, 3.63) is 40.0 Å². The lowest BCUT2D eigenvalue weighted by Gasteiger charge is -2.33. The van der Waals surface area contributed by atoms with Crippen LogP contribution in [0.4, 0.5) is 5.69 Å². The second-order valence-electron chi connectivity index (χ2n) is 4.42. The van der Waals surface area contributed by atoms with Gasteiger partial charge in [-0.15, -0.1) is 0 Å². The van der Waals surface area contributed by atoms with E-state index in [2.05, 4.69) is 9.98 Å². The first-order valence-electron chi connectivity index (χ1n) is 5.87. The third-order valence-corrected chi connectivity index (χ3v) is 3.61. The van der Waals surface area contributed by atoms with E-state index in [9.17, 15) is 0 Å². The number of hydrogen-bond donors (Lipinski definition) is 0. The molecule has 3 rings (SSSR count). The number of aliphatic imine (C=N–C) groups is 2. The van der Waals surface area contributed by atoms with E-state index >= 15 is 0 Å². The fraction of sp³-hybridized carbons (Fsp3) is 0.231. The Labute approximate surface area is 121 Å². The van der Waals surface area contributed by atoms with Crippen LogP contribution >= 0.6 is 23.2 Å². The Bertz CT molecular complexity index is 613. The lowest BCUT2D eigenvalue weighted by Crippen LogP contribution is -2.41. The molecule has 0 atom stereocenters. The third-order valence-electron chi connectivity index (χ3n) is 3.00. The molecule has 0 saturated heterocycles. The van der Waals surface area contributed by atoms with Crippen LogP contribution in [0.15, 0.2) is 40.0 Å². The summed E-state index contributed by atoms with van der Waals surface area (Å²) >= 11 is 12.5. The number of nitrogens with zero attached hydrogens (tertiary/aromatic N) is 4. The molecule has 0 aromatic heterocycles. The Morgan fingerprint density at radius 3 is 2.53 bits per heavy atom. The molecule has 98 valence electrons. The van der Waals surface area contributed by atoms with Gasteiger partial charge in [0, 0.05) is 11.4 Å². The average Bonchev–Trinajstić information content (AvgIpc) is 2.72. The van der Waals surface area contributed by atoms with Crippen LogP contribution in [-0.2, 0) is 0 Å². The van der Waals surface area contributed by atoms with Crippen molar-refractivity contribution in [1.29, 1.82) is 0 Å². The first-order chi connectivity index (χ1) is 9.08. The van der Waals surface area contributed by atoms with E-state index in [0.29, 0.717) is 22.7 Å². The van der Waals surface area contributed by atoms with Crippen molar-refractivity contribution in [1.82, 2.24) is 5.01 Å². The number of halogens is 2. The summed E-state index contributed by atoms with van der Waals surface area (Å²) < 4.78 is 0. The summed E-state index contributed by atoms with van der Waals surface area (Å²) in [5, 5.41) is 5.06. The Balaban J connectivity index is 2.05. The van der Waals surface area contributed by atoms with Crippen LogP contribution in [0.5, 0.6) is 0 Å². The summed E-state index contributed by atoms with van der Waals surface area (Å²) in [6.07, 6.45) is 2.00. The molecule has 0 N–H and O–H groups in total. The summed E-state index contributed by atoms with van der Waals surface area (Å²) in [7, 11) is 0. The molecule has 0 aliphatic carbocycles. The van der Waals surface area contributed by atoms with Gasteiger partial charge < -0.3 is 0 Å². The number of fused-ring (bicyclic) bond motifs is 1. The number of hydrazine groups is 1. The van der Waals surface area contributed by atoms with Crippen molar-refractivity contribution in [2.24, 2.45) is 9.98 Å². The zero-order valence-corrected chi connectivity index (χ0v) is 12.1. The first-order valence-corrected chi connectivity index (χ1v) is 6.63. The minimum atomic E-state index is 0.459. The van der Waals surface area contributed by atoms with Crippen molar-refractivity contribution < 1.29 is 0 Å². The Morgan fingerprint density at radius 2 is 1.84 bits per heavy atom. The van der Waals surface area contributed by atoms with E-state index in [-0.39, 0.29) is 0 Å². The second-order valence-corrected chi connectivity index (χ2v) is 5.23. The van der Waals surface area contributed by atoms with Crippen LogP contribution in [0.1, 0.15) is 13.8 Å². The summed E-state index contributed by atoms with van der Waals surface area (Å²) in [5.74, 6) is 0.675. The predicted molar refractivity (Wildman–Crippen MR) is 79.9 cm³/mol. The van der Waals surface area contributed by atoms with Gasteiger partial charge in [0.2, 0.25) is 5.96 Å². The molecule has 4 nitrogen and oxygen atoms in total. The number of para-hydroxylation sites is 1. The average molecular weight is 295 g/mol. The number of allylic oxidation sites excluding steroid dienone is 2. The third kappa shape index (κ3) is 2.01. The number of hydrogen-bond acceptors (Lipinski definition) is 4. The molecule has 19 heavy (non-hydrogen) atoms. The van der Waals surface area contributed by atoms with Gasteiger partial charge in [0.25, 0.3) is 0 Å². The molecular formula is C13H12Cl2N4. The Morgan fingerprint density at radius 1 is 1.16 bits per heavy atom. The van der Waals surface area contributed by atoms with E-state index in [4.69, 9.17) is 23.2 Å². The maximum atomic E-state index is 6.26. The highest BCUT2D eigenvalue weighted by atomic mass is 35.5. The summed E-state index contributed by atoms with van der Waals surface area (Å²) in [4.78, 5) is 8.84.